The van der Waals surface area contributed by atoms with Gasteiger partial charge in [-0.15, -0.1) is 0 Å². The van der Waals surface area contributed by atoms with E-state index >= 15 is 0 Å². The Balaban J connectivity index is 1.29. The maximum atomic E-state index is 13.4. The Hall–Kier alpha value is -3.60. The second-order valence-corrected chi connectivity index (χ2v) is 10.8. The second kappa shape index (κ2) is 12.3. The lowest BCUT2D eigenvalue weighted by atomic mass is 9.74. The van der Waals surface area contributed by atoms with E-state index in [0.717, 1.165) is 68.4 Å². The van der Waals surface area contributed by atoms with Crippen LogP contribution in [0.1, 0.15) is 74.1 Å². The Morgan fingerprint density at radius 1 is 0.842 bits per heavy atom. The summed E-state index contributed by atoms with van der Waals surface area (Å²) in [4.78, 5) is 30.6. The molecule has 1 heterocycles. The number of hydrogen-bond donors (Lipinski definition) is 1. The first-order valence-corrected chi connectivity index (χ1v) is 14.2. The molecule has 1 aliphatic carbocycles. The van der Waals surface area contributed by atoms with E-state index in [9.17, 15) is 9.59 Å². The molecule has 198 valence electrons. The number of carbonyl (C=O) groups excluding carboxylic acids is 2. The molecule has 5 heteroatoms. The summed E-state index contributed by atoms with van der Waals surface area (Å²) in [5.74, 6) is 0.358. The van der Waals surface area contributed by atoms with Crippen molar-refractivity contribution in [3.63, 3.8) is 0 Å². The van der Waals surface area contributed by atoms with Gasteiger partial charge >= 0.3 is 6.03 Å². The Bertz CT molecular complexity index is 1190. The molecule has 3 aromatic rings. The molecule has 0 unspecified atom stereocenters. The number of carbonyl (C=O) groups is 2. The van der Waals surface area contributed by atoms with Crippen LogP contribution in [0, 0.1) is 5.92 Å². The van der Waals surface area contributed by atoms with Crippen LogP contribution in [-0.4, -0.2) is 29.9 Å². The molecule has 1 saturated heterocycles. The van der Waals surface area contributed by atoms with Gasteiger partial charge in [0.25, 0.3) is 0 Å². The Kier molecular flexibility index (Phi) is 8.42. The minimum absolute atomic E-state index is 0.00855. The lowest BCUT2D eigenvalue weighted by Crippen LogP contribution is -2.41. The van der Waals surface area contributed by atoms with Crippen LogP contribution in [0.3, 0.4) is 0 Å². The standard InChI is InChI=1S/C33H39N3O2/c1-25(27-12-4-2-5-13-27)34-32(37)31-17-9-8-16-30(31)28-20-18-26(19-21-28)24-36(29-14-6-3-7-15-29)33(38)35-22-10-11-23-35/h2-7,12-15,18-21,25,30-31H,8-11,16-17,22-24H2,1H3,(H,34,37)/t25-,30+,31-/m0/s1. The fraction of sp³-hybridized carbons (Fsp3) is 0.394. The van der Waals surface area contributed by atoms with Crippen molar-refractivity contribution in [2.75, 3.05) is 18.0 Å². The van der Waals surface area contributed by atoms with E-state index in [1.165, 1.54) is 5.56 Å². The van der Waals surface area contributed by atoms with Crippen LogP contribution >= 0.6 is 0 Å². The Morgan fingerprint density at radius 3 is 2.16 bits per heavy atom. The lowest BCUT2D eigenvalue weighted by molar-refractivity contribution is -0.127. The van der Waals surface area contributed by atoms with Crippen LogP contribution in [0.25, 0.3) is 0 Å². The van der Waals surface area contributed by atoms with Crippen molar-refractivity contribution in [2.24, 2.45) is 5.92 Å². The molecule has 3 amide bonds. The molecule has 0 bridgehead atoms. The molecule has 5 rings (SSSR count). The summed E-state index contributed by atoms with van der Waals surface area (Å²) in [6.07, 6.45) is 6.34. The van der Waals surface area contributed by atoms with Crippen molar-refractivity contribution in [2.45, 2.75) is 64.0 Å². The van der Waals surface area contributed by atoms with Crippen LogP contribution in [0.2, 0.25) is 0 Å². The van der Waals surface area contributed by atoms with Crippen molar-refractivity contribution >= 4 is 17.6 Å². The molecular formula is C33H39N3O2. The average Bonchev–Trinajstić information content (AvgIpc) is 3.52. The SMILES string of the molecule is C[C@H](NC(=O)[C@H]1CCCC[C@@H]1c1ccc(CN(C(=O)N2CCCC2)c2ccccc2)cc1)c1ccccc1. The molecule has 1 saturated carbocycles. The van der Waals surface area contributed by atoms with Crippen molar-refractivity contribution in [1.29, 1.82) is 0 Å². The zero-order chi connectivity index (χ0) is 26.3. The fourth-order valence-electron chi connectivity index (χ4n) is 6.00. The third-order valence-electron chi connectivity index (χ3n) is 8.18. The number of nitrogens with zero attached hydrogens (tertiary/aromatic N) is 2. The van der Waals surface area contributed by atoms with E-state index in [1.54, 1.807) is 0 Å². The van der Waals surface area contributed by atoms with E-state index in [1.807, 2.05) is 58.3 Å². The molecule has 1 N–H and O–H groups in total. The summed E-state index contributed by atoms with van der Waals surface area (Å²) in [5, 5.41) is 3.27. The van der Waals surface area contributed by atoms with E-state index in [0.29, 0.717) is 6.54 Å². The van der Waals surface area contributed by atoms with Gasteiger partial charge in [-0.2, -0.15) is 0 Å². The molecule has 0 aromatic heterocycles. The van der Waals surface area contributed by atoms with Gasteiger partial charge < -0.3 is 10.2 Å². The van der Waals surface area contributed by atoms with Gasteiger partial charge in [-0.3, -0.25) is 9.69 Å². The first-order chi connectivity index (χ1) is 18.6. The molecule has 38 heavy (non-hydrogen) atoms. The number of urea groups is 1. The third kappa shape index (κ3) is 6.09. The number of likely N-dealkylation sites (tertiary alicyclic amines) is 1. The van der Waals surface area contributed by atoms with Crippen LogP contribution in [-0.2, 0) is 11.3 Å². The van der Waals surface area contributed by atoms with Gasteiger partial charge in [-0.25, -0.2) is 4.79 Å². The van der Waals surface area contributed by atoms with Gasteiger partial charge in [0.1, 0.15) is 0 Å². The number of para-hydroxylation sites is 1. The van der Waals surface area contributed by atoms with E-state index in [4.69, 9.17) is 0 Å². The predicted molar refractivity (Wildman–Crippen MR) is 153 cm³/mol. The fourth-order valence-corrected chi connectivity index (χ4v) is 6.00. The highest BCUT2D eigenvalue weighted by molar-refractivity contribution is 5.92. The van der Waals surface area contributed by atoms with Crippen molar-refractivity contribution < 1.29 is 9.59 Å². The van der Waals surface area contributed by atoms with Gasteiger partial charge in [0, 0.05) is 24.7 Å². The Morgan fingerprint density at radius 2 is 1.47 bits per heavy atom. The first-order valence-electron chi connectivity index (χ1n) is 14.2. The molecular weight excluding hydrogens is 470 g/mol. The summed E-state index contributed by atoms with van der Waals surface area (Å²) in [7, 11) is 0. The number of anilines is 1. The largest absolute Gasteiger partial charge is 0.349 e. The number of nitrogens with one attached hydrogen (secondary N) is 1. The van der Waals surface area contributed by atoms with E-state index in [2.05, 4.69) is 48.6 Å². The molecule has 3 aromatic carbocycles. The minimum atomic E-state index is -0.0154. The first kappa shape index (κ1) is 26.0. The number of hydrogen-bond acceptors (Lipinski definition) is 2. The number of benzene rings is 3. The topological polar surface area (TPSA) is 52.7 Å². The molecule has 2 fully saturated rings. The predicted octanol–water partition coefficient (Wildman–Crippen LogP) is 7.06. The van der Waals surface area contributed by atoms with Gasteiger partial charge in [0.15, 0.2) is 0 Å². The number of amides is 3. The van der Waals surface area contributed by atoms with Crippen LogP contribution < -0.4 is 10.2 Å². The van der Waals surface area contributed by atoms with Crippen LogP contribution in [0.4, 0.5) is 10.5 Å². The Labute approximate surface area is 226 Å². The molecule has 1 aliphatic heterocycles. The molecule has 5 nitrogen and oxygen atoms in total. The monoisotopic (exact) mass is 509 g/mol. The van der Waals surface area contributed by atoms with Crippen molar-refractivity contribution in [1.82, 2.24) is 10.2 Å². The maximum Gasteiger partial charge on any atom is 0.324 e. The summed E-state index contributed by atoms with van der Waals surface area (Å²) in [6, 6.07) is 28.8. The van der Waals surface area contributed by atoms with E-state index in [-0.39, 0.29) is 29.8 Å². The summed E-state index contributed by atoms with van der Waals surface area (Å²) < 4.78 is 0. The molecule has 2 aliphatic rings. The zero-order valence-corrected chi connectivity index (χ0v) is 22.4. The molecule has 0 spiro atoms. The summed E-state index contributed by atoms with van der Waals surface area (Å²) >= 11 is 0. The van der Waals surface area contributed by atoms with Crippen molar-refractivity contribution in [3.8, 4) is 0 Å². The van der Waals surface area contributed by atoms with Gasteiger partial charge in [-0.05, 0) is 67.3 Å². The van der Waals surface area contributed by atoms with Gasteiger partial charge in [-0.1, -0.05) is 85.6 Å². The van der Waals surface area contributed by atoms with E-state index < -0.39 is 0 Å². The van der Waals surface area contributed by atoms with Gasteiger partial charge in [0.2, 0.25) is 5.91 Å². The van der Waals surface area contributed by atoms with Crippen molar-refractivity contribution in [3.05, 3.63) is 102 Å². The lowest BCUT2D eigenvalue weighted by Gasteiger charge is -2.32. The number of rotatable bonds is 7. The minimum Gasteiger partial charge on any atom is -0.349 e. The smallest absolute Gasteiger partial charge is 0.324 e. The highest BCUT2D eigenvalue weighted by atomic mass is 16.2. The zero-order valence-electron chi connectivity index (χ0n) is 22.4. The normalized spacial score (nSPS) is 20.1. The second-order valence-electron chi connectivity index (χ2n) is 10.8. The third-order valence-corrected chi connectivity index (χ3v) is 8.18. The highest BCUT2D eigenvalue weighted by Crippen LogP contribution is 2.38. The highest BCUT2D eigenvalue weighted by Gasteiger charge is 2.33. The summed E-state index contributed by atoms with van der Waals surface area (Å²) in [6.45, 7) is 4.24. The van der Waals surface area contributed by atoms with Crippen LogP contribution in [0.5, 0.6) is 0 Å². The summed E-state index contributed by atoms with van der Waals surface area (Å²) in [5.41, 5.74) is 4.37. The van der Waals surface area contributed by atoms with Crippen LogP contribution in [0.15, 0.2) is 84.9 Å². The molecule has 3 atom stereocenters. The maximum absolute atomic E-state index is 13.4. The quantitative estimate of drug-likeness (QED) is 0.371. The molecule has 0 radical (unpaired) electrons. The van der Waals surface area contributed by atoms with Gasteiger partial charge in [0.05, 0.1) is 12.6 Å². The average molecular weight is 510 g/mol.